The Kier molecular flexibility index (Phi) is 6.20. The van der Waals surface area contributed by atoms with Crippen LogP contribution in [0.3, 0.4) is 0 Å². The molecule has 1 aromatic heterocycles. The van der Waals surface area contributed by atoms with Gasteiger partial charge >= 0.3 is 5.97 Å². The second-order valence-electron chi connectivity index (χ2n) is 7.96. The number of fused-ring (bicyclic) bond motifs is 2. The van der Waals surface area contributed by atoms with Crippen LogP contribution in [0.25, 0.3) is 0 Å². The van der Waals surface area contributed by atoms with E-state index >= 15 is 0 Å². The summed E-state index contributed by atoms with van der Waals surface area (Å²) in [4.78, 5) is 16.0. The number of carboxylic acids is 1. The Bertz CT molecular complexity index is 1320. The molecule has 0 saturated carbocycles. The normalized spacial score (nSPS) is 14.3. The van der Waals surface area contributed by atoms with Crippen LogP contribution in [0.5, 0.6) is 11.5 Å². The van der Waals surface area contributed by atoms with E-state index in [1.807, 2.05) is 66.7 Å². The van der Waals surface area contributed by atoms with Crippen LogP contribution < -0.4 is 10.1 Å². The van der Waals surface area contributed by atoms with E-state index in [1.54, 1.807) is 10.6 Å². The molecule has 8 heteroatoms. The number of hydrogen-bond acceptors (Lipinski definition) is 5. The highest BCUT2D eigenvalue weighted by Crippen LogP contribution is 2.42. The Morgan fingerprint density at radius 3 is 2.71 bits per heavy atom. The Labute approximate surface area is 201 Å². The summed E-state index contributed by atoms with van der Waals surface area (Å²) in [7, 11) is 0. The number of aromatic carboxylic acids is 1. The second-order valence-corrected chi connectivity index (χ2v) is 8.40. The molecule has 0 radical (unpaired) electrons. The first kappa shape index (κ1) is 22.0. The van der Waals surface area contributed by atoms with Crippen molar-refractivity contribution in [2.24, 2.45) is 0 Å². The van der Waals surface area contributed by atoms with Gasteiger partial charge in [0.2, 0.25) is 0 Å². The highest BCUT2D eigenvalue weighted by Gasteiger charge is 2.25. The molecule has 2 heterocycles. The minimum Gasteiger partial charge on any atom is -0.476 e. The van der Waals surface area contributed by atoms with E-state index in [-0.39, 0.29) is 18.5 Å². The van der Waals surface area contributed by atoms with Gasteiger partial charge in [-0.3, -0.25) is 0 Å². The van der Waals surface area contributed by atoms with Crippen molar-refractivity contribution in [1.82, 2.24) is 9.55 Å². The smallest absolute Gasteiger partial charge is 0.356 e. The number of ether oxygens (including phenoxy) is 2. The minimum absolute atomic E-state index is 0.0279. The lowest BCUT2D eigenvalue weighted by Gasteiger charge is -2.19. The van der Waals surface area contributed by atoms with Gasteiger partial charge in [0.25, 0.3) is 0 Å². The third-order valence-electron chi connectivity index (χ3n) is 5.59. The van der Waals surface area contributed by atoms with E-state index in [4.69, 9.17) is 21.1 Å². The fourth-order valence-corrected chi connectivity index (χ4v) is 4.13. The van der Waals surface area contributed by atoms with Crippen molar-refractivity contribution in [2.75, 3.05) is 5.32 Å². The number of nitrogens with zero attached hydrogens (tertiary/aromatic N) is 2. The predicted octanol–water partition coefficient (Wildman–Crippen LogP) is 5.91. The Hall–Kier alpha value is -3.81. The number of imidazole rings is 1. The molecule has 1 atom stereocenters. The molecular formula is C26H22ClN3O4. The van der Waals surface area contributed by atoms with Crippen LogP contribution in [-0.4, -0.2) is 20.6 Å². The summed E-state index contributed by atoms with van der Waals surface area (Å²) in [5.41, 5.74) is 2.70. The Balaban J connectivity index is 1.43. The average Bonchev–Trinajstić information content (AvgIpc) is 3.17. The van der Waals surface area contributed by atoms with E-state index in [9.17, 15) is 9.90 Å². The van der Waals surface area contributed by atoms with Crippen molar-refractivity contribution in [3.8, 4) is 11.5 Å². The third-order valence-corrected chi connectivity index (χ3v) is 5.83. The summed E-state index contributed by atoms with van der Waals surface area (Å²) in [6.45, 7) is 0.586. The molecule has 0 fully saturated rings. The van der Waals surface area contributed by atoms with Crippen LogP contribution in [0.2, 0.25) is 5.02 Å². The summed E-state index contributed by atoms with van der Waals surface area (Å²) >= 11 is 6.23. The van der Waals surface area contributed by atoms with E-state index in [0.717, 1.165) is 22.6 Å². The number of halogens is 1. The molecule has 2 N–H and O–H groups in total. The maximum atomic E-state index is 11.6. The van der Waals surface area contributed by atoms with Gasteiger partial charge in [0.05, 0.1) is 18.3 Å². The maximum absolute atomic E-state index is 11.6. The largest absolute Gasteiger partial charge is 0.476 e. The predicted molar refractivity (Wildman–Crippen MR) is 128 cm³/mol. The maximum Gasteiger partial charge on any atom is 0.356 e. The van der Waals surface area contributed by atoms with E-state index in [0.29, 0.717) is 29.6 Å². The second kappa shape index (κ2) is 9.59. The zero-order valence-corrected chi connectivity index (χ0v) is 18.9. The lowest BCUT2D eigenvalue weighted by molar-refractivity contribution is 0.0616. The lowest BCUT2D eigenvalue weighted by atomic mass is 10.0. The summed E-state index contributed by atoms with van der Waals surface area (Å²) in [5.74, 6) is 0.888. The number of carbonyl (C=O) groups is 1. The summed E-state index contributed by atoms with van der Waals surface area (Å²) < 4.78 is 13.7. The summed E-state index contributed by atoms with van der Waals surface area (Å²) in [6.07, 6.45) is 1.92. The van der Waals surface area contributed by atoms with Crippen molar-refractivity contribution in [3.05, 3.63) is 107 Å². The zero-order valence-electron chi connectivity index (χ0n) is 18.1. The fourth-order valence-electron chi connectivity index (χ4n) is 3.96. The minimum atomic E-state index is -1.09. The van der Waals surface area contributed by atoms with Gasteiger partial charge in [-0.1, -0.05) is 60.1 Å². The fraction of sp³-hybridized carbons (Fsp3) is 0.154. The van der Waals surface area contributed by atoms with Gasteiger partial charge in [-0.15, -0.1) is 0 Å². The first-order valence-corrected chi connectivity index (χ1v) is 11.2. The molecule has 0 saturated heterocycles. The van der Waals surface area contributed by atoms with Gasteiger partial charge in [-0.05, 0) is 29.8 Å². The van der Waals surface area contributed by atoms with Crippen molar-refractivity contribution in [2.45, 2.75) is 25.8 Å². The van der Waals surface area contributed by atoms with E-state index in [1.165, 1.54) is 6.20 Å². The molecule has 0 amide bonds. The number of anilines is 1. The van der Waals surface area contributed by atoms with Gasteiger partial charge in [0.1, 0.15) is 18.3 Å². The molecule has 0 bridgehead atoms. The molecule has 3 aromatic carbocycles. The zero-order chi connectivity index (χ0) is 23.5. The summed E-state index contributed by atoms with van der Waals surface area (Å²) in [5, 5.41) is 13.6. The van der Waals surface area contributed by atoms with Crippen LogP contribution in [0.4, 0.5) is 5.69 Å². The SMILES string of the molecule is O=C(O)c1cn(COCc2ccccc2)c(CC2Nc3cc(Cl)ccc3Oc3ccccc32)n1. The quantitative estimate of drug-likeness (QED) is 0.345. The van der Waals surface area contributed by atoms with Gasteiger partial charge in [0, 0.05) is 23.2 Å². The molecule has 1 aliphatic heterocycles. The van der Waals surface area contributed by atoms with Gasteiger partial charge < -0.3 is 24.5 Å². The van der Waals surface area contributed by atoms with Gasteiger partial charge in [0.15, 0.2) is 11.4 Å². The highest BCUT2D eigenvalue weighted by atomic mass is 35.5. The van der Waals surface area contributed by atoms with Crippen molar-refractivity contribution < 1.29 is 19.4 Å². The Morgan fingerprint density at radius 1 is 1.09 bits per heavy atom. The van der Waals surface area contributed by atoms with Crippen LogP contribution in [-0.2, 0) is 24.5 Å². The average molecular weight is 476 g/mol. The molecule has 4 aromatic rings. The molecule has 1 aliphatic rings. The molecule has 0 spiro atoms. The Morgan fingerprint density at radius 2 is 1.88 bits per heavy atom. The molecule has 172 valence electrons. The number of nitrogens with one attached hydrogen (secondary N) is 1. The van der Waals surface area contributed by atoms with E-state index < -0.39 is 5.97 Å². The standard InChI is InChI=1S/C26H22ClN3O4/c27-18-10-11-24-21(12-18)28-20(19-8-4-5-9-23(19)34-24)13-25-29-22(26(31)32)14-30(25)16-33-15-17-6-2-1-3-7-17/h1-12,14,20,28H,13,15-16H2,(H,31,32). The first-order chi connectivity index (χ1) is 16.6. The first-order valence-electron chi connectivity index (χ1n) is 10.8. The summed E-state index contributed by atoms with van der Waals surface area (Å²) in [6, 6.07) is 22.7. The third kappa shape index (κ3) is 4.76. The lowest BCUT2D eigenvalue weighted by Crippen LogP contribution is -2.16. The van der Waals surface area contributed by atoms with Crippen LogP contribution in [0.1, 0.15) is 33.5 Å². The molecule has 7 nitrogen and oxygen atoms in total. The number of rotatable bonds is 7. The van der Waals surface area contributed by atoms with Crippen molar-refractivity contribution in [1.29, 1.82) is 0 Å². The molecule has 0 aliphatic carbocycles. The van der Waals surface area contributed by atoms with Gasteiger partial charge in [-0.2, -0.15) is 0 Å². The van der Waals surface area contributed by atoms with Crippen molar-refractivity contribution in [3.63, 3.8) is 0 Å². The van der Waals surface area contributed by atoms with E-state index in [2.05, 4.69) is 10.3 Å². The topological polar surface area (TPSA) is 85.6 Å². The van der Waals surface area contributed by atoms with Crippen LogP contribution in [0, 0.1) is 0 Å². The highest BCUT2D eigenvalue weighted by molar-refractivity contribution is 6.30. The van der Waals surface area contributed by atoms with Crippen LogP contribution in [0.15, 0.2) is 79.0 Å². The van der Waals surface area contributed by atoms with Crippen LogP contribution >= 0.6 is 11.6 Å². The number of hydrogen-bond donors (Lipinski definition) is 2. The molecule has 1 unspecified atom stereocenters. The van der Waals surface area contributed by atoms with Gasteiger partial charge in [-0.25, -0.2) is 9.78 Å². The monoisotopic (exact) mass is 475 g/mol. The van der Waals surface area contributed by atoms with Crippen molar-refractivity contribution >= 4 is 23.3 Å². The number of benzene rings is 3. The number of carboxylic acid groups (broad SMARTS) is 1. The molecule has 5 rings (SSSR count). The number of aromatic nitrogens is 2. The molecular weight excluding hydrogens is 454 g/mol. The number of para-hydroxylation sites is 1. The molecule has 34 heavy (non-hydrogen) atoms.